The SMILES string of the molecule is NC(c1ccc(Cl)c(F)c1)c1ccc(C(F)(F)F)c(F)c1. The molecule has 7 heteroatoms. The minimum absolute atomic E-state index is 0.0993. The first-order chi connectivity index (χ1) is 9.70. The molecule has 21 heavy (non-hydrogen) atoms. The molecule has 112 valence electrons. The number of halogens is 6. The fraction of sp³-hybridized carbons (Fsp3) is 0.143. The Hall–Kier alpha value is -1.66. The summed E-state index contributed by atoms with van der Waals surface area (Å²) in [6, 6.07) is 5.15. The van der Waals surface area contributed by atoms with E-state index in [4.69, 9.17) is 17.3 Å². The van der Waals surface area contributed by atoms with Gasteiger partial charge in [0.15, 0.2) is 0 Å². The minimum atomic E-state index is -4.78. The van der Waals surface area contributed by atoms with Crippen molar-refractivity contribution in [2.45, 2.75) is 12.2 Å². The number of rotatable bonds is 2. The number of hydrogen-bond acceptors (Lipinski definition) is 1. The van der Waals surface area contributed by atoms with Crippen LogP contribution in [0.15, 0.2) is 36.4 Å². The third-order valence-corrected chi connectivity index (χ3v) is 3.27. The van der Waals surface area contributed by atoms with Crippen molar-refractivity contribution in [1.82, 2.24) is 0 Å². The average Bonchev–Trinajstić information content (AvgIpc) is 2.39. The van der Waals surface area contributed by atoms with E-state index in [0.29, 0.717) is 12.1 Å². The second-order valence-corrected chi connectivity index (χ2v) is 4.80. The predicted octanol–water partition coefficient (Wildman–Crippen LogP) is 4.69. The molecule has 0 heterocycles. The Morgan fingerprint density at radius 2 is 1.43 bits per heavy atom. The lowest BCUT2D eigenvalue weighted by molar-refractivity contribution is -0.140. The zero-order chi connectivity index (χ0) is 15.8. The van der Waals surface area contributed by atoms with Crippen LogP contribution >= 0.6 is 11.6 Å². The second kappa shape index (κ2) is 5.61. The summed E-state index contributed by atoms with van der Waals surface area (Å²) < 4.78 is 64.2. The predicted molar refractivity (Wildman–Crippen MR) is 68.8 cm³/mol. The van der Waals surface area contributed by atoms with E-state index < -0.39 is 29.4 Å². The van der Waals surface area contributed by atoms with Crippen molar-refractivity contribution < 1.29 is 22.0 Å². The largest absolute Gasteiger partial charge is 0.419 e. The highest BCUT2D eigenvalue weighted by Crippen LogP contribution is 2.33. The maximum absolute atomic E-state index is 13.5. The Morgan fingerprint density at radius 1 is 0.905 bits per heavy atom. The molecule has 1 unspecified atom stereocenters. The Labute approximate surface area is 122 Å². The van der Waals surface area contributed by atoms with Crippen molar-refractivity contribution in [3.8, 4) is 0 Å². The molecule has 0 aliphatic carbocycles. The molecule has 0 amide bonds. The van der Waals surface area contributed by atoms with Crippen LogP contribution in [0.4, 0.5) is 22.0 Å². The monoisotopic (exact) mass is 321 g/mol. The first kappa shape index (κ1) is 15.7. The van der Waals surface area contributed by atoms with Crippen molar-refractivity contribution in [3.05, 3.63) is 69.7 Å². The first-order valence-corrected chi connectivity index (χ1v) is 6.15. The van der Waals surface area contributed by atoms with Gasteiger partial charge in [0.1, 0.15) is 11.6 Å². The minimum Gasteiger partial charge on any atom is -0.320 e. The molecule has 0 aliphatic heterocycles. The van der Waals surface area contributed by atoms with E-state index in [9.17, 15) is 22.0 Å². The van der Waals surface area contributed by atoms with Gasteiger partial charge < -0.3 is 5.73 Å². The smallest absolute Gasteiger partial charge is 0.320 e. The molecule has 0 spiro atoms. The zero-order valence-corrected chi connectivity index (χ0v) is 11.1. The standard InChI is InChI=1S/C14H9ClF5N/c15-10-4-2-8(6-12(10)17)13(21)7-1-3-9(11(16)5-7)14(18,19)20/h1-6,13H,21H2. The van der Waals surface area contributed by atoms with E-state index in [0.717, 1.165) is 12.1 Å². The van der Waals surface area contributed by atoms with E-state index in [1.54, 1.807) is 0 Å². The molecule has 2 aromatic rings. The van der Waals surface area contributed by atoms with Gasteiger partial charge in [-0.05, 0) is 35.4 Å². The molecule has 0 aliphatic rings. The summed E-state index contributed by atoms with van der Waals surface area (Å²) >= 11 is 5.53. The molecular weight excluding hydrogens is 313 g/mol. The van der Waals surface area contributed by atoms with Gasteiger partial charge in [-0.25, -0.2) is 8.78 Å². The highest BCUT2D eigenvalue weighted by atomic mass is 35.5. The summed E-state index contributed by atoms with van der Waals surface area (Å²) in [6.45, 7) is 0. The second-order valence-electron chi connectivity index (χ2n) is 4.39. The van der Waals surface area contributed by atoms with Gasteiger partial charge in [0.2, 0.25) is 0 Å². The van der Waals surface area contributed by atoms with Crippen LogP contribution in [0.5, 0.6) is 0 Å². The summed E-state index contributed by atoms with van der Waals surface area (Å²) in [5.41, 5.74) is 4.80. The summed E-state index contributed by atoms with van der Waals surface area (Å²) in [5.74, 6) is -2.14. The van der Waals surface area contributed by atoms with Crippen molar-refractivity contribution in [2.24, 2.45) is 5.73 Å². The Balaban J connectivity index is 2.38. The highest BCUT2D eigenvalue weighted by Gasteiger charge is 2.34. The van der Waals surface area contributed by atoms with Crippen LogP contribution in [0.3, 0.4) is 0 Å². The molecule has 2 aromatic carbocycles. The zero-order valence-electron chi connectivity index (χ0n) is 10.4. The molecule has 0 bridgehead atoms. The van der Waals surface area contributed by atoms with Crippen LogP contribution in [0, 0.1) is 11.6 Å². The van der Waals surface area contributed by atoms with Crippen LogP contribution in [0.1, 0.15) is 22.7 Å². The molecule has 1 nitrogen and oxygen atoms in total. The molecule has 2 N–H and O–H groups in total. The van der Waals surface area contributed by atoms with E-state index in [-0.39, 0.29) is 16.1 Å². The number of nitrogens with two attached hydrogens (primary N) is 1. The molecule has 0 fully saturated rings. The highest BCUT2D eigenvalue weighted by molar-refractivity contribution is 6.30. The third kappa shape index (κ3) is 3.33. The Kier molecular flexibility index (Phi) is 4.20. The lowest BCUT2D eigenvalue weighted by atomic mass is 9.98. The van der Waals surface area contributed by atoms with Crippen LogP contribution in [-0.4, -0.2) is 0 Å². The van der Waals surface area contributed by atoms with E-state index >= 15 is 0 Å². The number of alkyl halides is 3. The lowest BCUT2D eigenvalue weighted by Crippen LogP contribution is -2.14. The normalized spacial score (nSPS) is 13.3. The fourth-order valence-electron chi connectivity index (χ4n) is 1.85. The van der Waals surface area contributed by atoms with Gasteiger partial charge >= 0.3 is 6.18 Å². The van der Waals surface area contributed by atoms with Crippen LogP contribution in [0.25, 0.3) is 0 Å². The average molecular weight is 322 g/mol. The van der Waals surface area contributed by atoms with Crippen LogP contribution in [0.2, 0.25) is 5.02 Å². The van der Waals surface area contributed by atoms with Gasteiger partial charge in [0.25, 0.3) is 0 Å². The molecule has 0 radical (unpaired) electrons. The van der Waals surface area contributed by atoms with E-state index in [1.807, 2.05) is 0 Å². The molecule has 0 saturated heterocycles. The summed E-state index contributed by atoms with van der Waals surface area (Å²) in [5, 5.41) is -0.107. The molecule has 2 rings (SSSR count). The fourth-order valence-corrected chi connectivity index (χ4v) is 1.97. The van der Waals surface area contributed by atoms with Gasteiger partial charge in [-0.1, -0.05) is 23.7 Å². The lowest BCUT2D eigenvalue weighted by Gasteiger charge is -2.15. The Bertz CT molecular complexity index is 669. The Morgan fingerprint density at radius 3 is 1.90 bits per heavy atom. The molecule has 0 aromatic heterocycles. The van der Waals surface area contributed by atoms with Crippen molar-refractivity contribution in [1.29, 1.82) is 0 Å². The maximum Gasteiger partial charge on any atom is 0.419 e. The summed E-state index contributed by atoms with van der Waals surface area (Å²) in [4.78, 5) is 0. The summed E-state index contributed by atoms with van der Waals surface area (Å²) in [6.07, 6.45) is -4.78. The van der Waals surface area contributed by atoms with Gasteiger partial charge in [-0.3, -0.25) is 0 Å². The van der Waals surface area contributed by atoms with Crippen LogP contribution < -0.4 is 5.73 Å². The van der Waals surface area contributed by atoms with Crippen molar-refractivity contribution in [2.75, 3.05) is 0 Å². The topological polar surface area (TPSA) is 26.0 Å². The van der Waals surface area contributed by atoms with Gasteiger partial charge in [-0.2, -0.15) is 13.2 Å². The number of hydrogen-bond donors (Lipinski definition) is 1. The number of benzene rings is 2. The molecular formula is C14H9ClF5N. The van der Waals surface area contributed by atoms with Gasteiger partial charge in [-0.15, -0.1) is 0 Å². The third-order valence-electron chi connectivity index (χ3n) is 2.96. The summed E-state index contributed by atoms with van der Waals surface area (Å²) in [7, 11) is 0. The van der Waals surface area contributed by atoms with E-state index in [1.165, 1.54) is 12.1 Å². The van der Waals surface area contributed by atoms with Gasteiger partial charge in [0.05, 0.1) is 16.6 Å². The van der Waals surface area contributed by atoms with Crippen molar-refractivity contribution in [3.63, 3.8) is 0 Å². The first-order valence-electron chi connectivity index (χ1n) is 5.77. The van der Waals surface area contributed by atoms with Crippen LogP contribution in [-0.2, 0) is 6.18 Å². The van der Waals surface area contributed by atoms with Gasteiger partial charge in [0, 0.05) is 0 Å². The van der Waals surface area contributed by atoms with E-state index in [2.05, 4.69) is 0 Å². The van der Waals surface area contributed by atoms with Crippen molar-refractivity contribution >= 4 is 11.6 Å². The maximum atomic E-state index is 13.5. The molecule has 1 atom stereocenters. The molecule has 0 saturated carbocycles. The quantitative estimate of drug-likeness (QED) is 0.798.